The maximum atomic E-state index is 10.3. The number of hydrogen-bond acceptors (Lipinski definition) is 3. The fourth-order valence-electron chi connectivity index (χ4n) is 0.651. The van der Waals surface area contributed by atoms with Gasteiger partial charge >= 0.3 is 0 Å². The first kappa shape index (κ1) is 8.68. The van der Waals surface area contributed by atoms with E-state index in [1.807, 2.05) is 12.3 Å². The maximum absolute atomic E-state index is 10.3. The first-order valence-corrected chi connectivity index (χ1v) is 4.65. The summed E-state index contributed by atoms with van der Waals surface area (Å²) in [6, 6.07) is 0. The number of hydrogen-bond donors (Lipinski definition) is 0. The maximum Gasteiger partial charge on any atom is 0.129 e. The Bertz CT molecular complexity index is 248. The summed E-state index contributed by atoms with van der Waals surface area (Å²) in [4.78, 5) is 14.5. The molecule has 0 radical (unpaired) electrons. The molecule has 0 amide bonds. The predicted octanol–water partition coefficient (Wildman–Crippen LogP) is 2.18. The molecular formula is C7H8ClNOS. The first-order chi connectivity index (χ1) is 5.27. The van der Waals surface area contributed by atoms with Gasteiger partial charge in [-0.3, -0.25) is 0 Å². The molecular weight excluding hydrogens is 182 g/mol. The third-order valence-corrected chi connectivity index (χ3v) is 2.67. The lowest BCUT2D eigenvalue weighted by Crippen LogP contribution is -1.93. The third-order valence-electron chi connectivity index (χ3n) is 1.30. The van der Waals surface area contributed by atoms with E-state index >= 15 is 0 Å². The van der Waals surface area contributed by atoms with Crippen molar-refractivity contribution in [1.82, 2.24) is 4.98 Å². The van der Waals surface area contributed by atoms with E-state index in [2.05, 4.69) is 4.98 Å². The number of carbonyl (C=O) groups excluding carboxylic acids is 1. The van der Waals surface area contributed by atoms with E-state index in [4.69, 9.17) is 11.6 Å². The highest BCUT2D eigenvalue weighted by molar-refractivity contribution is 7.09. The summed E-state index contributed by atoms with van der Waals surface area (Å²) in [5, 5.41) is 2.72. The smallest absolute Gasteiger partial charge is 0.129 e. The highest BCUT2D eigenvalue weighted by atomic mass is 35.5. The van der Waals surface area contributed by atoms with Crippen LogP contribution in [0, 0.1) is 0 Å². The molecule has 0 spiro atoms. The van der Waals surface area contributed by atoms with E-state index in [0.717, 1.165) is 17.0 Å². The van der Waals surface area contributed by atoms with E-state index in [1.165, 1.54) is 11.3 Å². The third kappa shape index (κ3) is 2.01. The molecule has 0 aromatic carbocycles. The average Bonchev–Trinajstić information content (AvgIpc) is 2.50. The van der Waals surface area contributed by atoms with Crippen LogP contribution in [0.25, 0.3) is 0 Å². The summed E-state index contributed by atoms with van der Waals surface area (Å²) < 4.78 is 0. The van der Waals surface area contributed by atoms with Crippen LogP contribution in [-0.2, 0) is 10.7 Å². The van der Waals surface area contributed by atoms with Crippen LogP contribution in [-0.4, -0.2) is 11.3 Å². The molecule has 1 aromatic rings. The second-order valence-electron chi connectivity index (χ2n) is 2.24. The van der Waals surface area contributed by atoms with Gasteiger partial charge in [-0.15, -0.1) is 22.9 Å². The Labute approximate surface area is 74.2 Å². The van der Waals surface area contributed by atoms with Gasteiger partial charge in [0.05, 0.1) is 17.5 Å². The molecule has 0 saturated heterocycles. The lowest BCUT2D eigenvalue weighted by Gasteiger charge is -1.94. The van der Waals surface area contributed by atoms with Crippen molar-refractivity contribution in [3.05, 3.63) is 16.1 Å². The van der Waals surface area contributed by atoms with Gasteiger partial charge in [0.15, 0.2) is 0 Å². The summed E-state index contributed by atoms with van der Waals surface area (Å²) in [7, 11) is 0. The Balaban J connectivity index is 2.79. The summed E-state index contributed by atoms with van der Waals surface area (Å²) >= 11 is 7.02. The molecule has 2 nitrogen and oxygen atoms in total. The van der Waals surface area contributed by atoms with Gasteiger partial charge in [-0.05, 0) is 6.92 Å². The van der Waals surface area contributed by atoms with Crippen molar-refractivity contribution >= 4 is 29.2 Å². The van der Waals surface area contributed by atoms with Gasteiger partial charge in [-0.2, -0.15) is 0 Å². The minimum Gasteiger partial charge on any atom is -0.303 e. The molecule has 0 saturated carbocycles. The molecule has 0 bridgehead atoms. The number of halogens is 1. The fourth-order valence-corrected chi connectivity index (χ4v) is 1.71. The van der Waals surface area contributed by atoms with Crippen molar-refractivity contribution < 1.29 is 4.79 Å². The van der Waals surface area contributed by atoms with Crippen LogP contribution in [0.15, 0.2) is 5.38 Å². The van der Waals surface area contributed by atoms with Gasteiger partial charge in [-0.25, -0.2) is 4.98 Å². The lowest BCUT2D eigenvalue weighted by atomic mass is 10.2. The van der Waals surface area contributed by atoms with Crippen LogP contribution >= 0.6 is 22.9 Å². The zero-order valence-electron chi connectivity index (χ0n) is 6.08. The Morgan fingerprint density at radius 3 is 3.09 bits per heavy atom. The second kappa shape index (κ2) is 3.83. The monoisotopic (exact) mass is 189 g/mol. The average molecular weight is 190 g/mol. The highest BCUT2D eigenvalue weighted by Crippen LogP contribution is 2.18. The van der Waals surface area contributed by atoms with Crippen LogP contribution in [0.2, 0.25) is 0 Å². The molecule has 60 valence electrons. The van der Waals surface area contributed by atoms with Crippen molar-refractivity contribution in [2.24, 2.45) is 0 Å². The molecule has 1 heterocycles. The summed E-state index contributed by atoms with van der Waals surface area (Å²) in [5.74, 6) is 0.319. The molecule has 0 N–H and O–H groups in total. The van der Waals surface area contributed by atoms with Gasteiger partial charge in [0, 0.05) is 5.38 Å². The molecule has 0 aliphatic heterocycles. The van der Waals surface area contributed by atoms with Gasteiger partial charge < -0.3 is 4.79 Å². The molecule has 0 aliphatic carbocycles. The number of rotatable bonds is 3. The van der Waals surface area contributed by atoms with Gasteiger partial charge in [0.1, 0.15) is 11.3 Å². The number of alkyl halides is 1. The van der Waals surface area contributed by atoms with E-state index in [1.54, 1.807) is 0 Å². The number of aromatic nitrogens is 1. The Kier molecular flexibility index (Phi) is 3.02. The molecule has 1 aromatic heterocycles. The molecule has 0 aliphatic rings. The van der Waals surface area contributed by atoms with Crippen molar-refractivity contribution in [1.29, 1.82) is 0 Å². The van der Waals surface area contributed by atoms with Crippen molar-refractivity contribution in [2.75, 3.05) is 0 Å². The fraction of sp³-hybridized carbons (Fsp3) is 0.429. The number of carbonyl (C=O) groups is 1. The summed E-state index contributed by atoms with van der Waals surface area (Å²) in [5.41, 5.74) is 0.848. The minimum atomic E-state index is -0.100. The molecule has 1 atom stereocenters. The van der Waals surface area contributed by atoms with E-state index < -0.39 is 0 Å². The quantitative estimate of drug-likeness (QED) is 0.539. The largest absolute Gasteiger partial charge is 0.303 e. The van der Waals surface area contributed by atoms with Crippen LogP contribution in [0.3, 0.4) is 0 Å². The van der Waals surface area contributed by atoms with Crippen LogP contribution < -0.4 is 0 Å². The van der Waals surface area contributed by atoms with Crippen LogP contribution in [0.4, 0.5) is 0 Å². The normalized spacial score (nSPS) is 12.9. The molecule has 0 fully saturated rings. The van der Waals surface area contributed by atoms with E-state index in [9.17, 15) is 4.79 Å². The first-order valence-electron chi connectivity index (χ1n) is 3.23. The standard InChI is InChI=1S/C7H8ClNOS/c1-5(3-10)7-9-6(2-8)4-11-7/h3-5H,2H2,1H3. The Hall–Kier alpha value is -0.410. The molecule has 11 heavy (non-hydrogen) atoms. The topological polar surface area (TPSA) is 30.0 Å². The summed E-state index contributed by atoms with van der Waals surface area (Å²) in [6.07, 6.45) is 0.886. The highest BCUT2D eigenvalue weighted by Gasteiger charge is 2.07. The predicted molar refractivity (Wildman–Crippen MR) is 46.2 cm³/mol. The molecule has 1 rings (SSSR count). The molecule has 1 unspecified atom stereocenters. The zero-order chi connectivity index (χ0) is 8.27. The van der Waals surface area contributed by atoms with Crippen molar-refractivity contribution in [3.63, 3.8) is 0 Å². The lowest BCUT2D eigenvalue weighted by molar-refractivity contribution is -0.108. The van der Waals surface area contributed by atoms with Crippen LogP contribution in [0.5, 0.6) is 0 Å². The number of aldehydes is 1. The second-order valence-corrected chi connectivity index (χ2v) is 3.39. The minimum absolute atomic E-state index is 0.100. The molecule has 4 heteroatoms. The number of thiazole rings is 1. The van der Waals surface area contributed by atoms with Gasteiger partial charge in [0.2, 0.25) is 0 Å². The zero-order valence-corrected chi connectivity index (χ0v) is 7.65. The summed E-state index contributed by atoms with van der Waals surface area (Å²) in [6.45, 7) is 1.82. The van der Waals surface area contributed by atoms with Crippen molar-refractivity contribution in [3.8, 4) is 0 Å². The van der Waals surface area contributed by atoms with Crippen molar-refractivity contribution in [2.45, 2.75) is 18.7 Å². The van der Waals surface area contributed by atoms with Gasteiger partial charge in [0.25, 0.3) is 0 Å². The van der Waals surface area contributed by atoms with E-state index in [0.29, 0.717) is 5.88 Å². The number of nitrogens with zero attached hydrogens (tertiary/aromatic N) is 1. The van der Waals surface area contributed by atoms with E-state index in [-0.39, 0.29) is 5.92 Å². The Morgan fingerprint density at radius 2 is 2.64 bits per heavy atom. The van der Waals surface area contributed by atoms with Crippen LogP contribution in [0.1, 0.15) is 23.5 Å². The van der Waals surface area contributed by atoms with Gasteiger partial charge in [-0.1, -0.05) is 0 Å². The SMILES string of the molecule is CC(C=O)c1nc(CCl)cs1. The Morgan fingerprint density at radius 1 is 1.91 bits per heavy atom.